The van der Waals surface area contributed by atoms with E-state index in [1.165, 1.54) is 12.1 Å². The zero-order valence-corrected chi connectivity index (χ0v) is 9.54. The second-order valence-corrected chi connectivity index (χ2v) is 3.69. The predicted molar refractivity (Wildman–Crippen MR) is 65.4 cm³/mol. The summed E-state index contributed by atoms with van der Waals surface area (Å²) in [7, 11) is 0. The number of anilines is 1. The third-order valence-electron chi connectivity index (χ3n) is 2.43. The topological polar surface area (TPSA) is 53.1 Å². The number of halogens is 1. The summed E-state index contributed by atoms with van der Waals surface area (Å²) >= 11 is 0. The lowest BCUT2D eigenvalue weighted by atomic mass is 10.2. The normalized spacial score (nSPS) is 10.1. The summed E-state index contributed by atoms with van der Waals surface area (Å²) in [5.74, 6) is -0.0159. The molecule has 0 fully saturated rings. The van der Waals surface area contributed by atoms with Gasteiger partial charge in [0.05, 0.1) is 5.84 Å². The van der Waals surface area contributed by atoms with Crippen LogP contribution in [0.1, 0.15) is 19.8 Å². The van der Waals surface area contributed by atoms with Crippen molar-refractivity contribution in [2.24, 2.45) is 5.73 Å². The second kappa shape index (κ2) is 6.10. The van der Waals surface area contributed by atoms with Crippen molar-refractivity contribution < 1.29 is 4.39 Å². The van der Waals surface area contributed by atoms with E-state index in [0.29, 0.717) is 6.42 Å². The van der Waals surface area contributed by atoms with Crippen LogP contribution in [0, 0.1) is 11.2 Å². The average molecular weight is 223 g/mol. The monoisotopic (exact) mass is 223 g/mol. The van der Waals surface area contributed by atoms with Crippen molar-refractivity contribution in [1.29, 1.82) is 5.41 Å². The Morgan fingerprint density at radius 1 is 1.50 bits per heavy atom. The van der Waals surface area contributed by atoms with E-state index in [2.05, 4.69) is 4.90 Å². The van der Waals surface area contributed by atoms with E-state index in [4.69, 9.17) is 11.1 Å². The summed E-state index contributed by atoms with van der Waals surface area (Å²) in [5, 5.41) is 7.13. The van der Waals surface area contributed by atoms with Gasteiger partial charge in [-0.2, -0.15) is 0 Å². The molecule has 88 valence electrons. The van der Waals surface area contributed by atoms with Crippen LogP contribution in [-0.2, 0) is 0 Å². The van der Waals surface area contributed by atoms with Crippen LogP contribution < -0.4 is 10.6 Å². The van der Waals surface area contributed by atoms with Crippen molar-refractivity contribution in [3.63, 3.8) is 0 Å². The van der Waals surface area contributed by atoms with Gasteiger partial charge in [0.15, 0.2) is 0 Å². The summed E-state index contributed by atoms with van der Waals surface area (Å²) in [6, 6.07) is 6.56. The number of hydrogen-bond donors (Lipinski definition) is 2. The van der Waals surface area contributed by atoms with Gasteiger partial charge in [0.2, 0.25) is 0 Å². The first-order chi connectivity index (χ1) is 7.63. The minimum atomic E-state index is -0.220. The Morgan fingerprint density at radius 3 is 2.81 bits per heavy atom. The van der Waals surface area contributed by atoms with Crippen LogP contribution in [0.3, 0.4) is 0 Å². The second-order valence-electron chi connectivity index (χ2n) is 3.69. The lowest BCUT2D eigenvalue weighted by molar-refractivity contribution is 0.626. The van der Waals surface area contributed by atoms with Crippen molar-refractivity contribution in [2.45, 2.75) is 19.8 Å². The Bertz CT molecular complexity index is 352. The number of nitrogens with two attached hydrogens (primary N) is 1. The number of amidine groups is 1. The molecule has 0 unspecified atom stereocenters. The van der Waals surface area contributed by atoms with Gasteiger partial charge in [-0.3, -0.25) is 5.41 Å². The molecule has 0 saturated heterocycles. The van der Waals surface area contributed by atoms with Gasteiger partial charge < -0.3 is 10.6 Å². The molecule has 4 heteroatoms. The minimum Gasteiger partial charge on any atom is -0.388 e. The zero-order chi connectivity index (χ0) is 12.0. The molecule has 0 bridgehead atoms. The Morgan fingerprint density at radius 2 is 2.25 bits per heavy atom. The molecule has 0 aromatic heterocycles. The molecule has 0 heterocycles. The SMILES string of the molecule is CCN(CCCC(=N)N)c1cccc(F)c1. The fourth-order valence-corrected chi connectivity index (χ4v) is 1.60. The van der Waals surface area contributed by atoms with E-state index in [9.17, 15) is 4.39 Å². The van der Waals surface area contributed by atoms with Crippen molar-refractivity contribution in [1.82, 2.24) is 0 Å². The van der Waals surface area contributed by atoms with Gasteiger partial charge >= 0.3 is 0 Å². The lowest BCUT2D eigenvalue weighted by Crippen LogP contribution is -2.25. The van der Waals surface area contributed by atoms with Gasteiger partial charge in [-0.15, -0.1) is 0 Å². The molecule has 16 heavy (non-hydrogen) atoms. The molecule has 1 rings (SSSR count). The van der Waals surface area contributed by atoms with Crippen molar-refractivity contribution in [3.05, 3.63) is 30.1 Å². The average Bonchev–Trinajstić information content (AvgIpc) is 2.24. The van der Waals surface area contributed by atoms with E-state index in [1.807, 2.05) is 13.0 Å². The first-order valence-electron chi connectivity index (χ1n) is 5.47. The first kappa shape index (κ1) is 12.5. The minimum absolute atomic E-state index is 0.204. The smallest absolute Gasteiger partial charge is 0.125 e. The standard InChI is InChI=1S/C12H18FN3/c1-2-16(8-4-7-12(14)15)11-6-3-5-10(13)9-11/h3,5-6,9H,2,4,7-8H2,1H3,(H3,14,15). The van der Waals surface area contributed by atoms with Crippen LogP contribution >= 0.6 is 0 Å². The maximum atomic E-state index is 13.0. The molecule has 0 amide bonds. The highest BCUT2D eigenvalue weighted by molar-refractivity contribution is 5.76. The highest BCUT2D eigenvalue weighted by Gasteiger charge is 2.04. The van der Waals surface area contributed by atoms with Gasteiger partial charge in [0.1, 0.15) is 5.82 Å². The lowest BCUT2D eigenvalue weighted by Gasteiger charge is -2.22. The van der Waals surface area contributed by atoms with Crippen LogP contribution in [-0.4, -0.2) is 18.9 Å². The molecule has 0 radical (unpaired) electrons. The van der Waals surface area contributed by atoms with E-state index in [1.54, 1.807) is 6.07 Å². The molecule has 3 N–H and O–H groups in total. The van der Waals surface area contributed by atoms with E-state index < -0.39 is 0 Å². The Labute approximate surface area is 95.6 Å². The fourth-order valence-electron chi connectivity index (χ4n) is 1.60. The molecule has 1 aromatic carbocycles. The van der Waals surface area contributed by atoms with Gasteiger partial charge in [0, 0.05) is 25.2 Å². The highest BCUT2D eigenvalue weighted by atomic mass is 19.1. The predicted octanol–water partition coefficient (Wildman–Crippen LogP) is 2.37. The summed E-state index contributed by atoms with van der Waals surface area (Å²) in [6.45, 7) is 3.64. The van der Waals surface area contributed by atoms with Crippen LogP contribution in [0.15, 0.2) is 24.3 Å². The number of rotatable bonds is 6. The van der Waals surface area contributed by atoms with E-state index >= 15 is 0 Å². The van der Waals surface area contributed by atoms with Gasteiger partial charge in [-0.25, -0.2) is 4.39 Å². The third kappa shape index (κ3) is 3.88. The first-order valence-corrected chi connectivity index (χ1v) is 5.47. The molecule has 0 saturated carbocycles. The van der Waals surface area contributed by atoms with Crippen LogP contribution in [0.5, 0.6) is 0 Å². The number of nitrogens with zero attached hydrogens (tertiary/aromatic N) is 1. The van der Waals surface area contributed by atoms with Gasteiger partial charge in [-0.05, 0) is 31.5 Å². The highest BCUT2D eigenvalue weighted by Crippen LogP contribution is 2.15. The molecular weight excluding hydrogens is 205 g/mol. The number of benzene rings is 1. The summed E-state index contributed by atoms with van der Waals surface area (Å²) < 4.78 is 13.0. The van der Waals surface area contributed by atoms with Crippen molar-refractivity contribution in [2.75, 3.05) is 18.0 Å². The largest absolute Gasteiger partial charge is 0.388 e. The maximum Gasteiger partial charge on any atom is 0.125 e. The van der Waals surface area contributed by atoms with Crippen LogP contribution in [0.25, 0.3) is 0 Å². The van der Waals surface area contributed by atoms with Crippen molar-refractivity contribution >= 4 is 11.5 Å². The van der Waals surface area contributed by atoms with Crippen molar-refractivity contribution in [3.8, 4) is 0 Å². The Hall–Kier alpha value is -1.58. The third-order valence-corrected chi connectivity index (χ3v) is 2.43. The molecule has 3 nitrogen and oxygen atoms in total. The zero-order valence-electron chi connectivity index (χ0n) is 9.54. The summed E-state index contributed by atoms with van der Waals surface area (Å²) in [6.07, 6.45) is 1.41. The van der Waals surface area contributed by atoms with Crippen LogP contribution in [0.4, 0.5) is 10.1 Å². The Balaban J connectivity index is 2.57. The molecule has 0 aliphatic rings. The van der Waals surface area contributed by atoms with Gasteiger partial charge in [0.25, 0.3) is 0 Å². The molecule has 0 aliphatic carbocycles. The molecule has 0 spiro atoms. The fraction of sp³-hybridized carbons (Fsp3) is 0.417. The molecular formula is C12H18FN3. The molecule has 0 aliphatic heterocycles. The quantitative estimate of drug-likeness (QED) is 0.574. The number of nitrogens with one attached hydrogen (secondary N) is 1. The molecule has 0 atom stereocenters. The maximum absolute atomic E-state index is 13.0. The van der Waals surface area contributed by atoms with E-state index in [-0.39, 0.29) is 11.7 Å². The van der Waals surface area contributed by atoms with Gasteiger partial charge in [-0.1, -0.05) is 6.07 Å². The molecule has 1 aromatic rings. The van der Waals surface area contributed by atoms with Crippen LogP contribution in [0.2, 0.25) is 0 Å². The summed E-state index contributed by atoms with van der Waals surface area (Å²) in [5.41, 5.74) is 6.17. The summed E-state index contributed by atoms with van der Waals surface area (Å²) in [4.78, 5) is 2.08. The Kier molecular flexibility index (Phi) is 4.76. The van der Waals surface area contributed by atoms with E-state index in [0.717, 1.165) is 25.2 Å². The number of hydrogen-bond acceptors (Lipinski definition) is 2.